The molecule has 1 aromatic carbocycles. The normalized spacial score (nSPS) is 10.8. The van der Waals surface area contributed by atoms with E-state index in [9.17, 15) is 4.79 Å². The third-order valence-corrected chi connectivity index (χ3v) is 3.60. The predicted molar refractivity (Wildman–Crippen MR) is 66.8 cm³/mol. The van der Waals surface area contributed by atoms with Gasteiger partial charge in [-0.05, 0) is 25.5 Å². The molecule has 0 unspecified atom stereocenters. The lowest BCUT2D eigenvalue weighted by atomic mass is 10.1. The summed E-state index contributed by atoms with van der Waals surface area (Å²) in [6, 6.07) is 3.86. The third-order valence-electron chi connectivity index (χ3n) is 2.75. The van der Waals surface area contributed by atoms with Crippen molar-refractivity contribution in [3.05, 3.63) is 33.4 Å². The van der Waals surface area contributed by atoms with Crippen LogP contribution in [0.5, 0.6) is 0 Å². The summed E-state index contributed by atoms with van der Waals surface area (Å²) in [5, 5.41) is 0.907. The van der Waals surface area contributed by atoms with Crippen LogP contribution in [0.2, 0.25) is 0 Å². The lowest BCUT2D eigenvalue weighted by Gasteiger charge is -2.01. The molecule has 0 atom stereocenters. The van der Waals surface area contributed by atoms with E-state index in [0.29, 0.717) is 5.56 Å². The highest BCUT2D eigenvalue weighted by Crippen LogP contribution is 2.29. The van der Waals surface area contributed by atoms with E-state index in [1.807, 2.05) is 26.0 Å². The number of aryl methyl sites for hydroxylation is 2. The van der Waals surface area contributed by atoms with Crippen molar-refractivity contribution in [2.24, 2.45) is 0 Å². The van der Waals surface area contributed by atoms with Crippen LogP contribution < -0.4 is 0 Å². The minimum Gasteiger partial charge on any atom is -0.465 e. The van der Waals surface area contributed by atoms with Crippen molar-refractivity contribution in [2.75, 3.05) is 7.11 Å². The first kappa shape index (κ1) is 11.2. The molecule has 84 valence electrons. The highest BCUT2D eigenvalue weighted by molar-refractivity contribution is 9.10. The largest absolute Gasteiger partial charge is 0.465 e. The summed E-state index contributed by atoms with van der Waals surface area (Å²) in [6.45, 7) is 3.88. The number of fused-ring (bicyclic) bond motifs is 1. The molecule has 0 bridgehead atoms. The summed E-state index contributed by atoms with van der Waals surface area (Å²) in [5.41, 5.74) is 3.53. The summed E-state index contributed by atoms with van der Waals surface area (Å²) < 4.78 is 5.81. The quantitative estimate of drug-likeness (QED) is 0.815. The lowest BCUT2D eigenvalue weighted by molar-refractivity contribution is 0.0602. The molecule has 1 aromatic heterocycles. The fraction of sp³-hybridized carbons (Fsp3) is 0.250. The molecule has 0 amide bonds. The van der Waals surface area contributed by atoms with Gasteiger partial charge in [-0.1, -0.05) is 22.0 Å². The second-order valence-electron chi connectivity index (χ2n) is 3.71. The SMILES string of the molecule is COC(=O)c1c(C)[nH]c2c(C)c(Br)ccc12. The van der Waals surface area contributed by atoms with E-state index in [0.717, 1.165) is 26.6 Å². The maximum absolute atomic E-state index is 11.7. The third kappa shape index (κ3) is 1.53. The molecule has 1 N–H and O–H groups in total. The maximum atomic E-state index is 11.7. The zero-order valence-electron chi connectivity index (χ0n) is 9.35. The Balaban J connectivity index is 2.82. The van der Waals surface area contributed by atoms with Crippen LogP contribution >= 0.6 is 15.9 Å². The number of carbonyl (C=O) groups is 1. The van der Waals surface area contributed by atoms with Gasteiger partial charge in [-0.25, -0.2) is 4.79 Å². The van der Waals surface area contributed by atoms with Crippen LogP contribution in [0.15, 0.2) is 16.6 Å². The van der Waals surface area contributed by atoms with Gasteiger partial charge < -0.3 is 9.72 Å². The summed E-state index contributed by atoms with van der Waals surface area (Å²) in [7, 11) is 1.40. The van der Waals surface area contributed by atoms with Gasteiger partial charge in [-0.3, -0.25) is 0 Å². The number of aromatic nitrogens is 1. The van der Waals surface area contributed by atoms with Gasteiger partial charge >= 0.3 is 5.97 Å². The highest BCUT2D eigenvalue weighted by atomic mass is 79.9. The monoisotopic (exact) mass is 281 g/mol. The van der Waals surface area contributed by atoms with Crippen LogP contribution in [0, 0.1) is 13.8 Å². The molecular formula is C12H12BrNO2. The van der Waals surface area contributed by atoms with Gasteiger partial charge in [0, 0.05) is 15.6 Å². The van der Waals surface area contributed by atoms with E-state index in [-0.39, 0.29) is 5.97 Å². The number of hydrogen-bond donors (Lipinski definition) is 1. The van der Waals surface area contributed by atoms with Gasteiger partial charge in [0.1, 0.15) is 0 Å². The number of hydrogen-bond acceptors (Lipinski definition) is 2. The summed E-state index contributed by atoms with van der Waals surface area (Å²) in [4.78, 5) is 14.9. The van der Waals surface area contributed by atoms with Crippen molar-refractivity contribution in [3.63, 3.8) is 0 Å². The van der Waals surface area contributed by atoms with Gasteiger partial charge in [0.2, 0.25) is 0 Å². The number of aromatic amines is 1. The van der Waals surface area contributed by atoms with E-state index in [1.54, 1.807) is 0 Å². The first-order valence-electron chi connectivity index (χ1n) is 4.92. The van der Waals surface area contributed by atoms with E-state index in [2.05, 4.69) is 20.9 Å². The minimum absolute atomic E-state index is 0.300. The Morgan fingerprint density at radius 1 is 1.38 bits per heavy atom. The molecule has 2 aromatic rings. The van der Waals surface area contributed by atoms with Crippen molar-refractivity contribution in [1.29, 1.82) is 0 Å². The van der Waals surface area contributed by atoms with Gasteiger partial charge in [0.25, 0.3) is 0 Å². The summed E-state index contributed by atoms with van der Waals surface area (Å²) in [6.07, 6.45) is 0. The number of halogens is 1. The Morgan fingerprint density at radius 3 is 2.69 bits per heavy atom. The van der Waals surface area contributed by atoms with Gasteiger partial charge in [-0.15, -0.1) is 0 Å². The molecule has 1 heterocycles. The van der Waals surface area contributed by atoms with Crippen LogP contribution in [0.4, 0.5) is 0 Å². The van der Waals surface area contributed by atoms with Crippen molar-refractivity contribution in [2.45, 2.75) is 13.8 Å². The van der Waals surface area contributed by atoms with Crippen molar-refractivity contribution >= 4 is 32.8 Å². The molecule has 3 nitrogen and oxygen atoms in total. The van der Waals surface area contributed by atoms with E-state index in [1.165, 1.54) is 7.11 Å². The second-order valence-corrected chi connectivity index (χ2v) is 4.57. The molecule has 16 heavy (non-hydrogen) atoms. The van der Waals surface area contributed by atoms with Crippen LogP contribution in [-0.2, 0) is 4.74 Å². The van der Waals surface area contributed by atoms with Crippen molar-refractivity contribution < 1.29 is 9.53 Å². The number of H-pyrrole nitrogens is 1. The zero-order chi connectivity index (χ0) is 11.9. The lowest BCUT2D eigenvalue weighted by Crippen LogP contribution is -2.01. The average Bonchev–Trinajstić information content (AvgIpc) is 2.60. The number of benzene rings is 1. The Labute approximate surface area is 102 Å². The number of carbonyl (C=O) groups excluding carboxylic acids is 1. The molecule has 0 saturated carbocycles. The van der Waals surface area contributed by atoms with E-state index >= 15 is 0 Å². The zero-order valence-corrected chi connectivity index (χ0v) is 10.9. The van der Waals surface area contributed by atoms with Gasteiger partial charge in [0.15, 0.2) is 0 Å². The Bertz CT molecular complexity index is 572. The second kappa shape index (κ2) is 3.94. The first-order valence-corrected chi connectivity index (χ1v) is 5.71. The fourth-order valence-electron chi connectivity index (χ4n) is 1.87. The standard InChI is InChI=1S/C12H12BrNO2/c1-6-9(13)5-4-8-10(12(15)16-3)7(2)14-11(6)8/h4-5,14H,1-3H3. The maximum Gasteiger partial charge on any atom is 0.340 e. The number of methoxy groups -OCH3 is 1. The highest BCUT2D eigenvalue weighted by Gasteiger charge is 2.17. The van der Waals surface area contributed by atoms with Crippen LogP contribution in [0.25, 0.3) is 10.9 Å². The van der Waals surface area contributed by atoms with Crippen molar-refractivity contribution in [1.82, 2.24) is 4.98 Å². The first-order chi connectivity index (χ1) is 7.56. The number of ether oxygens (including phenoxy) is 1. The molecule has 0 aliphatic carbocycles. The number of nitrogens with one attached hydrogen (secondary N) is 1. The topological polar surface area (TPSA) is 42.1 Å². The molecule has 0 saturated heterocycles. The molecule has 0 radical (unpaired) electrons. The van der Waals surface area contributed by atoms with Crippen LogP contribution in [0.3, 0.4) is 0 Å². The molecule has 0 fully saturated rings. The molecular weight excluding hydrogens is 270 g/mol. The molecule has 2 rings (SSSR count). The molecule has 0 aliphatic heterocycles. The number of rotatable bonds is 1. The molecule has 0 aliphatic rings. The van der Waals surface area contributed by atoms with Crippen LogP contribution in [0.1, 0.15) is 21.6 Å². The molecule has 0 spiro atoms. The molecule has 4 heteroatoms. The minimum atomic E-state index is -0.300. The number of esters is 1. The Morgan fingerprint density at radius 2 is 2.06 bits per heavy atom. The Hall–Kier alpha value is -1.29. The smallest absolute Gasteiger partial charge is 0.340 e. The van der Waals surface area contributed by atoms with Crippen molar-refractivity contribution in [3.8, 4) is 0 Å². The predicted octanol–water partition coefficient (Wildman–Crippen LogP) is 3.33. The summed E-state index contributed by atoms with van der Waals surface area (Å²) in [5.74, 6) is -0.300. The van der Waals surface area contributed by atoms with Crippen LogP contribution in [-0.4, -0.2) is 18.1 Å². The summed E-state index contributed by atoms with van der Waals surface area (Å²) >= 11 is 3.47. The Kier molecular flexibility index (Phi) is 2.76. The van der Waals surface area contributed by atoms with E-state index < -0.39 is 0 Å². The van der Waals surface area contributed by atoms with Gasteiger partial charge in [0.05, 0.1) is 18.2 Å². The van der Waals surface area contributed by atoms with Gasteiger partial charge in [-0.2, -0.15) is 0 Å². The van der Waals surface area contributed by atoms with E-state index in [4.69, 9.17) is 4.74 Å². The fourth-order valence-corrected chi connectivity index (χ4v) is 2.20. The average molecular weight is 282 g/mol.